The summed E-state index contributed by atoms with van der Waals surface area (Å²) in [6.07, 6.45) is 12.0. The van der Waals surface area contributed by atoms with Crippen molar-refractivity contribution in [3.63, 3.8) is 0 Å². The zero-order chi connectivity index (χ0) is 17.7. The molecule has 0 N–H and O–H groups in total. The number of aromatic nitrogens is 2. The fourth-order valence-corrected chi connectivity index (χ4v) is 6.52. The average Bonchev–Trinajstić information content (AvgIpc) is 3.24. The summed E-state index contributed by atoms with van der Waals surface area (Å²) in [7, 11) is 0. The number of carbonyl (C=O) groups is 1. The van der Waals surface area contributed by atoms with Gasteiger partial charge in [0.2, 0.25) is 5.91 Å². The maximum Gasteiger partial charge on any atom is 0.262 e. The molecule has 138 valence electrons. The lowest BCUT2D eigenvalue weighted by atomic mass is 9.78. The zero-order valence-corrected chi connectivity index (χ0v) is 15.9. The molecule has 2 fully saturated rings. The van der Waals surface area contributed by atoms with Crippen LogP contribution in [0.15, 0.2) is 11.1 Å². The fourth-order valence-electron chi connectivity index (χ4n) is 5.30. The third-order valence-corrected chi connectivity index (χ3v) is 7.76. The predicted molar refractivity (Wildman–Crippen MR) is 103 cm³/mol. The molecule has 3 heterocycles. The summed E-state index contributed by atoms with van der Waals surface area (Å²) in [5.74, 6) is 0.760. The third kappa shape index (κ3) is 2.61. The van der Waals surface area contributed by atoms with Crippen LogP contribution in [-0.4, -0.2) is 32.9 Å². The maximum absolute atomic E-state index is 13.0. The molecule has 26 heavy (non-hydrogen) atoms. The minimum Gasteiger partial charge on any atom is -0.338 e. The maximum atomic E-state index is 13.0. The zero-order valence-electron chi connectivity index (χ0n) is 15.1. The van der Waals surface area contributed by atoms with Crippen molar-refractivity contribution in [1.82, 2.24) is 14.5 Å². The van der Waals surface area contributed by atoms with Crippen LogP contribution in [0.1, 0.15) is 55.4 Å². The summed E-state index contributed by atoms with van der Waals surface area (Å²) in [6.45, 7) is 0.980. The van der Waals surface area contributed by atoms with Gasteiger partial charge in [0.05, 0.1) is 11.7 Å². The summed E-state index contributed by atoms with van der Waals surface area (Å²) < 4.78 is 1.54. The van der Waals surface area contributed by atoms with Gasteiger partial charge < -0.3 is 4.90 Å². The van der Waals surface area contributed by atoms with E-state index in [0.29, 0.717) is 12.0 Å². The van der Waals surface area contributed by atoms with E-state index in [0.717, 1.165) is 48.9 Å². The van der Waals surface area contributed by atoms with Gasteiger partial charge in [-0.25, -0.2) is 4.98 Å². The molecule has 0 spiro atoms. The van der Waals surface area contributed by atoms with Crippen LogP contribution < -0.4 is 5.56 Å². The largest absolute Gasteiger partial charge is 0.338 e. The second-order valence-electron chi connectivity index (χ2n) is 8.06. The lowest BCUT2D eigenvalue weighted by Gasteiger charge is -2.44. The van der Waals surface area contributed by atoms with Gasteiger partial charge in [-0.05, 0) is 56.4 Å². The number of fused-ring (bicyclic) bond motifs is 4. The van der Waals surface area contributed by atoms with Gasteiger partial charge in [-0.2, -0.15) is 0 Å². The molecule has 0 aromatic carbocycles. The first kappa shape index (κ1) is 16.5. The van der Waals surface area contributed by atoms with E-state index >= 15 is 0 Å². The van der Waals surface area contributed by atoms with E-state index in [4.69, 9.17) is 0 Å². The molecule has 5 nitrogen and oxygen atoms in total. The molecule has 1 saturated heterocycles. The number of thiophene rings is 1. The number of nitrogens with zero attached hydrogens (tertiary/aromatic N) is 3. The van der Waals surface area contributed by atoms with Crippen molar-refractivity contribution in [3.8, 4) is 0 Å². The quantitative estimate of drug-likeness (QED) is 0.815. The van der Waals surface area contributed by atoms with E-state index in [1.54, 1.807) is 22.2 Å². The van der Waals surface area contributed by atoms with Gasteiger partial charge in [-0.1, -0.05) is 12.8 Å². The molecule has 2 aliphatic carbocycles. The Morgan fingerprint density at radius 3 is 2.92 bits per heavy atom. The highest BCUT2D eigenvalue weighted by molar-refractivity contribution is 7.18. The molecule has 1 amide bonds. The molecule has 0 unspecified atom stereocenters. The molecule has 0 radical (unpaired) electrons. The van der Waals surface area contributed by atoms with E-state index < -0.39 is 0 Å². The monoisotopic (exact) mass is 371 g/mol. The Hall–Kier alpha value is -1.69. The summed E-state index contributed by atoms with van der Waals surface area (Å²) in [5.41, 5.74) is 1.16. The lowest BCUT2D eigenvalue weighted by molar-refractivity contribution is -0.138. The summed E-state index contributed by atoms with van der Waals surface area (Å²) in [6, 6.07) is 0.391. The van der Waals surface area contributed by atoms with Crippen molar-refractivity contribution >= 4 is 27.5 Å². The van der Waals surface area contributed by atoms with E-state index in [2.05, 4.69) is 9.88 Å². The van der Waals surface area contributed by atoms with Crippen LogP contribution in [0.2, 0.25) is 0 Å². The molecular formula is C20H25N3O2S. The standard InChI is InChI=1S/C20H25N3O2S/c24-17(23-10-4-6-13-5-1-2-8-15(13)23)11-22-12-21-19-18(20(22)25)14-7-3-9-16(14)26-19/h12-13,15H,1-11H2/t13-,15-/m1/s1. The van der Waals surface area contributed by atoms with Crippen LogP contribution in [0.4, 0.5) is 0 Å². The van der Waals surface area contributed by atoms with Crippen molar-refractivity contribution in [2.75, 3.05) is 6.54 Å². The predicted octanol–water partition coefficient (Wildman–Crippen LogP) is 3.13. The molecule has 1 aliphatic heterocycles. The first-order chi connectivity index (χ1) is 12.7. The molecule has 1 saturated carbocycles. The van der Waals surface area contributed by atoms with Crippen LogP contribution >= 0.6 is 11.3 Å². The van der Waals surface area contributed by atoms with E-state index in [1.165, 1.54) is 36.1 Å². The Morgan fingerprint density at radius 1 is 1.15 bits per heavy atom. The van der Waals surface area contributed by atoms with E-state index in [9.17, 15) is 9.59 Å². The Kier molecular flexibility index (Phi) is 4.11. The summed E-state index contributed by atoms with van der Waals surface area (Å²) in [5, 5.41) is 0.770. The van der Waals surface area contributed by atoms with Gasteiger partial charge in [0.25, 0.3) is 5.56 Å². The van der Waals surface area contributed by atoms with Gasteiger partial charge in [0.15, 0.2) is 0 Å². The second-order valence-corrected chi connectivity index (χ2v) is 9.14. The molecule has 5 rings (SSSR count). The van der Waals surface area contributed by atoms with Gasteiger partial charge in [0, 0.05) is 17.5 Å². The smallest absolute Gasteiger partial charge is 0.262 e. The van der Waals surface area contributed by atoms with Crippen molar-refractivity contribution in [2.45, 2.75) is 70.4 Å². The number of piperidine rings is 1. The molecule has 2 atom stereocenters. The van der Waals surface area contributed by atoms with Crippen LogP contribution in [0.3, 0.4) is 0 Å². The highest BCUT2D eigenvalue weighted by atomic mass is 32.1. The van der Waals surface area contributed by atoms with E-state index in [-0.39, 0.29) is 18.0 Å². The lowest BCUT2D eigenvalue weighted by Crippen LogP contribution is -2.51. The fraction of sp³-hybridized carbons (Fsp3) is 0.650. The minimum absolute atomic E-state index is 0.0278. The van der Waals surface area contributed by atoms with Crippen molar-refractivity contribution < 1.29 is 4.79 Å². The van der Waals surface area contributed by atoms with Crippen LogP contribution in [0.5, 0.6) is 0 Å². The van der Waals surface area contributed by atoms with Gasteiger partial charge in [-0.3, -0.25) is 14.2 Å². The number of likely N-dealkylation sites (tertiary alicyclic amines) is 1. The molecule has 2 aromatic heterocycles. The molecule has 0 bridgehead atoms. The Bertz CT molecular complexity index is 914. The molecule has 2 aromatic rings. The Labute approximate surface area is 157 Å². The van der Waals surface area contributed by atoms with Crippen LogP contribution in [-0.2, 0) is 24.2 Å². The number of aryl methyl sites for hydroxylation is 2. The third-order valence-electron chi connectivity index (χ3n) is 6.56. The van der Waals surface area contributed by atoms with Gasteiger partial charge in [0.1, 0.15) is 11.4 Å². The number of rotatable bonds is 2. The number of hydrogen-bond acceptors (Lipinski definition) is 4. The first-order valence-electron chi connectivity index (χ1n) is 10.0. The van der Waals surface area contributed by atoms with Gasteiger partial charge in [-0.15, -0.1) is 11.3 Å². The molecular weight excluding hydrogens is 346 g/mol. The average molecular weight is 372 g/mol. The van der Waals surface area contributed by atoms with Crippen molar-refractivity contribution in [1.29, 1.82) is 0 Å². The highest BCUT2D eigenvalue weighted by Gasteiger charge is 2.35. The van der Waals surface area contributed by atoms with Crippen molar-refractivity contribution in [3.05, 3.63) is 27.1 Å². The van der Waals surface area contributed by atoms with Crippen molar-refractivity contribution in [2.24, 2.45) is 5.92 Å². The topological polar surface area (TPSA) is 55.2 Å². The molecule has 3 aliphatic rings. The highest BCUT2D eigenvalue weighted by Crippen LogP contribution is 2.36. The normalized spacial score (nSPS) is 25.3. The van der Waals surface area contributed by atoms with Crippen LogP contribution in [0, 0.1) is 5.92 Å². The number of amides is 1. The van der Waals surface area contributed by atoms with E-state index in [1.807, 2.05) is 0 Å². The summed E-state index contributed by atoms with van der Waals surface area (Å²) in [4.78, 5) is 34.8. The SMILES string of the molecule is O=C(Cn1cnc2sc3c(c2c1=O)CCC3)N1CCC[C@H]2CCCC[C@H]21. The first-order valence-corrected chi connectivity index (χ1v) is 10.8. The minimum atomic E-state index is -0.0278. The second kappa shape index (κ2) is 6.48. The van der Waals surface area contributed by atoms with Crippen LogP contribution in [0.25, 0.3) is 10.2 Å². The Morgan fingerprint density at radius 2 is 2.00 bits per heavy atom. The summed E-state index contributed by atoms with van der Waals surface area (Å²) >= 11 is 1.65. The van der Waals surface area contributed by atoms with Gasteiger partial charge >= 0.3 is 0 Å². The number of carbonyl (C=O) groups excluding carboxylic acids is 1. The molecule has 6 heteroatoms. The Balaban J connectivity index is 1.43. The number of hydrogen-bond donors (Lipinski definition) is 0.